The summed E-state index contributed by atoms with van der Waals surface area (Å²) in [5, 5.41) is 9.21. The van der Waals surface area contributed by atoms with Crippen LogP contribution in [-0.2, 0) is 10.2 Å². The molecule has 0 amide bonds. The molecule has 1 fully saturated rings. The molecule has 4 rings (SSSR count). The molecule has 5 nitrogen and oxygen atoms in total. The molecule has 2 aromatic carbocycles. The lowest BCUT2D eigenvalue weighted by Crippen LogP contribution is -2.35. The van der Waals surface area contributed by atoms with Gasteiger partial charge >= 0.3 is 0 Å². The molecule has 7 heteroatoms. The lowest BCUT2D eigenvalue weighted by atomic mass is 9.74. The number of benzene rings is 2. The predicted octanol–water partition coefficient (Wildman–Crippen LogP) is 5.10. The Morgan fingerprint density at radius 2 is 1.86 bits per heavy atom. The molecule has 1 aromatic heterocycles. The predicted molar refractivity (Wildman–Crippen MR) is 102 cm³/mol. The molecule has 0 radical (unpaired) electrons. The highest BCUT2D eigenvalue weighted by Crippen LogP contribution is 2.41. The zero-order chi connectivity index (χ0) is 19.6. The molecular formula is C21H20ClFN2O3. The standard InChI is InChI=1S/C21H20ClFN2O3/c1-14(27-18-7-5-17(23)6-8-18)19-24-25-20(28-19)21(9-11-26-12-10-21)15-3-2-4-16(22)13-15/h2-8,13-14H,9-12H2,1H3. The van der Waals surface area contributed by atoms with E-state index in [0.29, 0.717) is 35.8 Å². The van der Waals surface area contributed by atoms with Crippen LogP contribution in [0.25, 0.3) is 0 Å². The summed E-state index contributed by atoms with van der Waals surface area (Å²) in [6.45, 7) is 3.02. The van der Waals surface area contributed by atoms with E-state index in [1.807, 2.05) is 31.2 Å². The van der Waals surface area contributed by atoms with Crippen LogP contribution in [-0.4, -0.2) is 23.4 Å². The van der Waals surface area contributed by atoms with E-state index in [1.165, 1.54) is 12.1 Å². The van der Waals surface area contributed by atoms with Gasteiger partial charge in [0.05, 0.1) is 5.41 Å². The highest BCUT2D eigenvalue weighted by molar-refractivity contribution is 6.30. The molecule has 146 valence electrons. The van der Waals surface area contributed by atoms with Gasteiger partial charge in [0, 0.05) is 18.2 Å². The Morgan fingerprint density at radius 1 is 1.11 bits per heavy atom. The van der Waals surface area contributed by atoms with E-state index in [1.54, 1.807) is 12.1 Å². The van der Waals surface area contributed by atoms with Gasteiger partial charge in [-0.3, -0.25) is 0 Å². The Kier molecular flexibility index (Phi) is 5.33. The van der Waals surface area contributed by atoms with Crippen molar-refractivity contribution in [2.75, 3.05) is 13.2 Å². The van der Waals surface area contributed by atoms with Gasteiger partial charge in [-0.25, -0.2) is 4.39 Å². The summed E-state index contributed by atoms with van der Waals surface area (Å²) >= 11 is 6.23. The molecule has 1 atom stereocenters. The van der Waals surface area contributed by atoms with Gasteiger partial charge in [0.15, 0.2) is 6.10 Å². The fraction of sp³-hybridized carbons (Fsp3) is 0.333. The number of halogens is 2. The fourth-order valence-electron chi connectivity index (χ4n) is 3.49. The van der Waals surface area contributed by atoms with E-state index in [9.17, 15) is 4.39 Å². The third-order valence-corrected chi connectivity index (χ3v) is 5.28. The maximum Gasteiger partial charge on any atom is 0.256 e. The van der Waals surface area contributed by atoms with Crippen molar-refractivity contribution in [2.45, 2.75) is 31.3 Å². The van der Waals surface area contributed by atoms with Gasteiger partial charge in [-0.1, -0.05) is 23.7 Å². The molecule has 0 spiro atoms. The first-order valence-electron chi connectivity index (χ1n) is 9.17. The number of hydrogen-bond acceptors (Lipinski definition) is 5. The Balaban J connectivity index is 1.62. The lowest BCUT2D eigenvalue weighted by molar-refractivity contribution is 0.0530. The van der Waals surface area contributed by atoms with Crippen LogP contribution < -0.4 is 4.74 Å². The van der Waals surface area contributed by atoms with E-state index in [0.717, 1.165) is 18.4 Å². The van der Waals surface area contributed by atoms with E-state index < -0.39 is 11.5 Å². The number of aromatic nitrogens is 2. The van der Waals surface area contributed by atoms with E-state index >= 15 is 0 Å². The molecule has 0 aliphatic carbocycles. The monoisotopic (exact) mass is 402 g/mol. The van der Waals surface area contributed by atoms with Crippen LogP contribution in [0, 0.1) is 5.82 Å². The summed E-state index contributed by atoms with van der Waals surface area (Å²) < 4.78 is 30.5. The quantitative estimate of drug-likeness (QED) is 0.594. The topological polar surface area (TPSA) is 57.4 Å². The van der Waals surface area contributed by atoms with Crippen LogP contribution in [0.1, 0.15) is 43.2 Å². The molecular weight excluding hydrogens is 383 g/mol. The SMILES string of the molecule is CC(Oc1ccc(F)cc1)c1nnc(C2(c3cccc(Cl)c3)CCOCC2)o1. The van der Waals surface area contributed by atoms with Crippen molar-refractivity contribution in [1.82, 2.24) is 10.2 Å². The molecule has 1 aliphatic heterocycles. The van der Waals surface area contributed by atoms with Gasteiger partial charge in [0.25, 0.3) is 5.89 Å². The smallest absolute Gasteiger partial charge is 0.256 e. The first kappa shape index (κ1) is 18.9. The second-order valence-electron chi connectivity index (χ2n) is 6.86. The van der Waals surface area contributed by atoms with Crippen molar-refractivity contribution >= 4 is 11.6 Å². The van der Waals surface area contributed by atoms with Gasteiger partial charge in [0.2, 0.25) is 5.89 Å². The van der Waals surface area contributed by atoms with Crippen LogP contribution in [0.3, 0.4) is 0 Å². The Hall–Kier alpha value is -2.44. The zero-order valence-corrected chi connectivity index (χ0v) is 16.2. The Bertz CT molecular complexity index is 939. The summed E-state index contributed by atoms with van der Waals surface area (Å²) in [6.07, 6.45) is 0.979. The van der Waals surface area contributed by atoms with Crippen molar-refractivity contribution in [1.29, 1.82) is 0 Å². The third kappa shape index (κ3) is 3.75. The maximum atomic E-state index is 13.1. The minimum atomic E-state index is -0.469. The number of ether oxygens (including phenoxy) is 2. The average Bonchev–Trinajstić information content (AvgIpc) is 3.21. The van der Waals surface area contributed by atoms with Crippen molar-refractivity contribution in [3.8, 4) is 5.75 Å². The first-order chi connectivity index (χ1) is 13.6. The number of rotatable bonds is 5. The van der Waals surface area contributed by atoms with Gasteiger partial charge < -0.3 is 13.9 Å². The normalized spacial score (nSPS) is 17.2. The fourth-order valence-corrected chi connectivity index (χ4v) is 3.68. The highest BCUT2D eigenvalue weighted by atomic mass is 35.5. The molecule has 0 N–H and O–H groups in total. The van der Waals surface area contributed by atoms with Gasteiger partial charge in [-0.15, -0.1) is 10.2 Å². The summed E-state index contributed by atoms with van der Waals surface area (Å²) in [7, 11) is 0. The second-order valence-corrected chi connectivity index (χ2v) is 7.30. The summed E-state index contributed by atoms with van der Waals surface area (Å²) in [6, 6.07) is 13.6. The van der Waals surface area contributed by atoms with Crippen LogP contribution in [0.4, 0.5) is 4.39 Å². The van der Waals surface area contributed by atoms with E-state index in [-0.39, 0.29) is 5.82 Å². The van der Waals surface area contributed by atoms with Crippen LogP contribution in [0.5, 0.6) is 5.75 Å². The van der Waals surface area contributed by atoms with E-state index in [4.69, 9.17) is 25.5 Å². The number of hydrogen-bond donors (Lipinski definition) is 0. The van der Waals surface area contributed by atoms with Gasteiger partial charge in [0.1, 0.15) is 11.6 Å². The lowest BCUT2D eigenvalue weighted by Gasteiger charge is -2.34. The molecule has 2 heterocycles. The number of nitrogens with zero attached hydrogens (tertiary/aromatic N) is 2. The highest BCUT2D eigenvalue weighted by Gasteiger charge is 2.41. The van der Waals surface area contributed by atoms with Crippen molar-refractivity contribution in [3.05, 3.63) is 76.7 Å². The molecule has 0 bridgehead atoms. The largest absolute Gasteiger partial charge is 0.481 e. The Morgan fingerprint density at radius 3 is 2.57 bits per heavy atom. The minimum absolute atomic E-state index is 0.317. The molecule has 28 heavy (non-hydrogen) atoms. The molecule has 1 aliphatic rings. The van der Waals surface area contributed by atoms with Crippen LogP contribution >= 0.6 is 11.6 Å². The molecule has 1 saturated heterocycles. The van der Waals surface area contributed by atoms with Crippen molar-refractivity contribution in [2.24, 2.45) is 0 Å². The second kappa shape index (κ2) is 7.89. The zero-order valence-electron chi connectivity index (χ0n) is 15.4. The molecule has 1 unspecified atom stereocenters. The van der Waals surface area contributed by atoms with E-state index in [2.05, 4.69) is 10.2 Å². The summed E-state index contributed by atoms with van der Waals surface area (Å²) in [4.78, 5) is 0. The van der Waals surface area contributed by atoms with Gasteiger partial charge in [-0.05, 0) is 61.7 Å². The van der Waals surface area contributed by atoms with Crippen LogP contribution in [0.15, 0.2) is 52.9 Å². The first-order valence-corrected chi connectivity index (χ1v) is 9.54. The van der Waals surface area contributed by atoms with Crippen molar-refractivity contribution < 1.29 is 18.3 Å². The van der Waals surface area contributed by atoms with Crippen LogP contribution in [0.2, 0.25) is 5.02 Å². The minimum Gasteiger partial charge on any atom is -0.481 e. The molecule has 3 aromatic rings. The third-order valence-electron chi connectivity index (χ3n) is 5.05. The molecule has 0 saturated carbocycles. The summed E-state index contributed by atoms with van der Waals surface area (Å²) in [5.74, 6) is 1.11. The van der Waals surface area contributed by atoms with Crippen molar-refractivity contribution in [3.63, 3.8) is 0 Å². The summed E-state index contributed by atoms with van der Waals surface area (Å²) in [5.41, 5.74) is 0.592. The maximum absolute atomic E-state index is 13.1. The van der Waals surface area contributed by atoms with Gasteiger partial charge in [-0.2, -0.15) is 0 Å². The Labute approximate surface area is 167 Å². The average molecular weight is 403 g/mol.